The van der Waals surface area contributed by atoms with Gasteiger partial charge in [0.15, 0.2) is 0 Å². The number of aromatic nitrogens is 1. The maximum Gasteiger partial charge on any atom is 0.254 e. The van der Waals surface area contributed by atoms with Gasteiger partial charge in [0.2, 0.25) is 5.78 Å². The van der Waals surface area contributed by atoms with Gasteiger partial charge in [-0.15, -0.1) is 22.7 Å². The maximum absolute atomic E-state index is 13.2. The van der Waals surface area contributed by atoms with Gasteiger partial charge in [0.25, 0.3) is 5.91 Å². The highest BCUT2D eigenvalue weighted by Gasteiger charge is 2.28. The molecule has 1 fully saturated rings. The van der Waals surface area contributed by atoms with Gasteiger partial charge < -0.3 is 4.90 Å². The molecule has 0 atom stereocenters. The fraction of sp³-hybridized carbons (Fsp3) is 0.208. The lowest BCUT2D eigenvalue weighted by Crippen LogP contribution is -2.38. The molecule has 0 radical (unpaired) electrons. The highest BCUT2D eigenvalue weighted by Crippen LogP contribution is 2.34. The molecule has 0 aliphatic carbocycles. The topological polar surface area (TPSA) is 50.3 Å². The van der Waals surface area contributed by atoms with Crippen LogP contribution in [0.25, 0.3) is 10.2 Å². The van der Waals surface area contributed by atoms with E-state index in [9.17, 15) is 9.59 Å². The van der Waals surface area contributed by atoms with Gasteiger partial charge in [-0.2, -0.15) is 0 Å². The SMILES string of the molecule is O=C(c1cccs1)c1ccccc1C(=O)N1CCC(c2nc3ccccc3s2)CC1. The monoisotopic (exact) mass is 432 g/mol. The standard InChI is InChI=1S/C24H20N2O2S2/c27-22(21-10-5-15-29-21)17-6-1-2-7-18(17)24(28)26-13-11-16(12-14-26)23-25-19-8-3-4-9-20(19)30-23/h1-10,15-16H,11-14H2. The van der Waals surface area contributed by atoms with Crippen LogP contribution >= 0.6 is 22.7 Å². The Balaban J connectivity index is 1.32. The second kappa shape index (κ2) is 8.13. The number of hydrogen-bond donors (Lipinski definition) is 0. The van der Waals surface area contributed by atoms with Crippen molar-refractivity contribution in [3.05, 3.63) is 87.1 Å². The van der Waals surface area contributed by atoms with E-state index in [-0.39, 0.29) is 11.7 Å². The van der Waals surface area contributed by atoms with Gasteiger partial charge in [0.05, 0.1) is 25.7 Å². The molecule has 0 N–H and O–H groups in total. The minimum Gasteiger partial charge on any atom is -0.339 e. The molecule has 1 amide bonds. The van der Waals surface area contributed by atoms with E-state index in [4.69, 9.17) is 4.98 Å². The molecule has 4 nitrogen and oxygen atoms in total. The Morgan fingerprint density at radius 1 is 0.900 bits per heavy atom. The van der Waals surface area contributed by atoms with Crippen molar-refractivity contribution in [2.75, 3.05) is 13.1 Å². The number of likely N-dealkylation sites (tertiary alicyclic amines) is 1. The number of thiophene rings is 1. The van der Waals surface area contributed by atoms with E-state index in [1.807, 2.05) is 40.6 Å². The summed E-state index contributed by atoms with van der Waals surface area (Å²) in [6, 6.07) is 19.0. The lowest BCUT2D eigenvalue weighted by molar-refractivity contribution is 0.0709. The molecule has 0 bridgehead atoms. The summed E-state index contributed by atoms with van der Waals surface area (Å²) in [5, 5.41) is 3.04. The molecule has 5 rings (SSSR count). The highest BCUT2D eigenvalue weighted by molar-refractivity contribution is 7.18. The fourth-order valence-electron chi connectivity index (χ4n) is 3.97. The molecular weight excluding hydrogens is 412 g/mol. The summed E-state index contributed by atoms with van der Waals surface area (Å²) in [7, 11) is 0. The number of hydrogen-bond acceptors (Lipinski definition) is 5. The van der Waals surface area contributed by atoms with E-state index in [1.54, 1.807) is 29.5 Å². The number of carbonyl (C=O) groups is 2. The molecular formula is C24H20N2O2S2. The van der Waals surface area contributed by atoms with Crippen LogP contribution in [0.15, 0.2) is 66.0 Å². The van der Waals surface area contributed by atoms with Crippen LogP contribution in [0.5, 0.6) is 0 Å². The van der Waals surface area contributed by atoms with Gasteiger partial charge in [-0.05, 0) is 42.5 Å². The van der Waals surface area contributed by atoms with Crippen molar-refractivity contribution in [3.8, 4) is 0 Å². The molecule has 0 unspecified atom stereocenters. The number of carbonyl (C=O) groups excluding carboxylic acids is 2. The van der Waals surface area contributed by atoms with Gasteiger partial charge in [0.1, 0.15) is 0 Å². The van der Waals surface area contributed by atoms with E-state index in [2.05, 4.69) is 12.1 Å². The van der Waals surface area contributed by atoms with Gasteiger partial charge in [-0.1, -0.05) is 36.4 Å². The van der Waals surface area contributed by atoms with E-state index in [1.165, 1.54) is 16.0 Å². The van der Waals surface area contributed by atoms with E-state index in [0.29, 0.717) is 35.0 Å². The van der Waals surface area contributed by atoms with Crippen molar-refractivity contribution in [3.63, 3.8) is 0 Å². The lowest BCUT2D eigenvalue weighted by atomic mass is 9.95. The van der Waals surface area contributed by atoms with Crippen molar-refractivity contribution >= 4 is 44.6 Å². The van der Waals surface area contributed by atoms with Gasteiger partial charge in [0, 0.05) is 24.6 Å². The van der Waals surface area contributed by atoms with Crippen LogP contribution in [0, 0.1) is 0 Å². The Morgan fingerprint density at radius 2 is 1.63 bits per heavy atom. The Morgan fingerprint density at radius 3 is 2.37 bits per heavy atom. The number of benzene rings is 2. The predicted octanol–water partition coefficient (Wildman–Crippen LogP) is 5.61. The van der Waals surface area contributed by atoms with Crippen LogP contribution in [0.2, 0.25) is 0 Å². The Kier molecular flexibility index (Phi) is 5.19. The molecule has 0 spiro atoms. The maximum atomic E-state index is 13.2. The smallest absolute Gasteiger partial charge is 0.254 e. The third-order valence-electron chi connectivity index (χ3n) is 5.59. The largest absolute Gasteiger partial charge is 0.339 e. The zero-order valence-corrected chi connectivity index (χ0v) is 17.9. The van der Waals surface area contributed by atoms with Crippen molar-refractivity contribution in [1.82, 2.24) is 9.88 Å². The second-order valence-corrected chi connectivity index (χ2v) is 9.45. The van der Waals surface area contributed by atoms with Crippen LogP contribution in [0.3, 0.4) is 0 Å². The fourth-order valence-corrected chi connectivity index (χ4v) is 5.79. The first-order valence-corrected chi connectivity index (χ1v) is 11.7. The molecule has 0 saturated carbocycles. The molecule has 6 heteroatoms. The van der Waals surface area contributed by atoms with Crippen molar-refractivity contribution < 1.29 is 9.59 Å². The number of thiazole rings is 1. The Bertz CT molecular complexity index is 1170. The Labute approximate surface area is 182 Å². The van der Waals surface area contributed by atoms with Gasteiger partial charge in [-0.3, -0.25) is 9.59 Å². The normalized spacial score (nSPS) is 14.9. The number of amides is 1. The first-order chi connectivity index (χ1) is 14.7. The first-order valence-electron chi connectivity index (χ1n) is 10.0. The molecule has 2 aromatic heterocycles. The second-order valence-electron chi connectivity index (χ2n) is 7.44. The Hall–Kier alpha value is -2.83. The predicted molar refractivity (Wildman–Crippen MR) is 122 cm³/mol. The molecule has 1 aliphatic rings. The zero-order chi connectivity index (χ0) is 20.5. The molecule has 4 aromatic rings. The summed E-state index contributed by atoms with van der Waals surface area (Å²) in [5.41, 5.74) is 2.03. The summed E-state index contributed by atoms with van der Waals surface area (Å²) in [6.07, 6.45) is 1.79. The summed E-state index contributed by atoms with van der Waals surface area (Å²) in [5.74, 6) is 0.242. The summed E-state index contributed by atoms with van der Waals surface area (Å²) >= 11 is 3.16. The first kappa shape index (κ1) is 19.2. The van der Waals surface area contributed by atoms with Crippen molar-refractivity contribution in [2.45, 2.75) is 18.8 Å². The van der Waals surface area contributed by atoms with Crippen LogP contribution in [0.4, 0.5) is 0 Å². The molecule has 1 saturated heterocycles. The number of para-hydroxylation sites is 1. The van der Waals surface area contributed by atoms with Crippen LogP contribution in [0.1, 0.15) is 49.4 Å². The zero-order valence-electron chi connectivity index (χ0n) is 16.3. The van der Waals surface area contributed by atoms with Crippen molar-refractivity contribution in [1.29, 1.82) is 0 Å². The van der Waals surface area contributed by atoms with E-state index >= 15 is 0 Å². The average molecular weight is 433 g/mol. The number of nitrogens with zero attached hydrogens (tertiary/aromatic N) is 2. The number of rotatable bonds is 4. The highest BCUT2D eigenvalue weighted by atomic mass is 32.1. The molecule has 1 aliphatic heterocycles. The number of piperidine rings is 1. The lowest BCUT2D eigenvalue weighted by Gasteiger charge is -2.31. The number of fused-ring (bicyclic) bond motifs is 1. The summed E-state index contributed by atoms with van der Waals surface area (Å²) in [6.45, 7) is 1.36. The number of ketones is 1. The van der Waals surface area contributed by atoms with Gasteiger partial charge >= 0.3 is 0 Å². The third kappa shape index (κ3) is 3.57. The van der Waals surface area contributed by atoms with Crippen molar-refractivity contribution in [2.24, 2.45) is 0 Å². The minimum atomic E-state index is -0.0849. The molecule has 3 heterocycles. The van der Waals surface area contributed by atoms with E-state index < -0.39 is 0 Å². The molecule has 150 valence electrons. The third-order valence-corrected chi connectivity index (χ3v) is 7.66. The minimum absolute atomic E-state index is 0.0572. The molecule has 2 aromatic carbocycles. The van der Waals surface area contributed by atoms with Crippen LogP contribution in [-0.2, 0) is 0 Å². The summed E-state index contributed by atoms with van der Waals surface area (Å²) < 4.78 is 1.21. The summed E-state index contributed by atoms with van der Waals surface area (Å²) in [4.78, 5) is 33.5. The average Bonchev–Trinajstić information content (AvgIpc) is 3.48. The quantitative estimate of drug-likeness (QED) is 0.394. The van der Waals surface area contributed by atoms with Crippen LogP contribution in [-0.4, -0.2) is 34.7 Å². The van der Waals surface area contributed by atoms with Gasteiger partial charge in [-0.25, -0.2) is 4.98 Å². The van der Waals surface area contributed by atoms with E-state index in [0.717, 1.165) is 23.4 Å². The van der Waals surface area contributed by atoms with Crippen LogP contribution < -0.4 is 0 Å². The molecule has 30 heavy (non-hydrogen) atoms.